The second kappa shape index (κ2) is 8.64. The van der Waals surface area contributed by atoms with Gasteiger partial charge in [0.05, 0.1) is 23.2 Å². The normalized spacial score (nSPS) is 11.8. The van der Waals surface area contributed by atoms with E-state index in [2.05, 4.69) is 9.97 Å². The van der Waals surface area contributed by atoms with E-state index < -0.39 is 10.0 Å². The van der Waals surface area contributed by atoms with Gasteiger partial charge in [-0.05, 0) is 42.8 Å². The zero-order valence-corrected chi connectivity index (χ0v) is 19.2. The van der Waals surface area contributed by atoms with Crippen LogP contribution in [0.25, 0.3) is 27.7 Å². The highest BCUT2D eigenvalue weighted by Gasteiger charge is 2.24. The minimum Gasteiger partial charge on any atom is -0.477 e. The van der Waals surface area contributed by atoms with E-state index in [1.165, 1.54) is 30.9 Å². The highest BCUT2D eigenvalue weighted by atomic mass is 32.2. The molecule has 9 nitrogen and oxygen atoms in total. The summed E-state index contributed by atoms with van der Waals surface area (Å²) < 4.78 is 33.6. The first-order valence-corrected chi connectivity index (χ1v) is 11.6. The van der Waals surface area contributed by atoms with Crippen molar-refractivity contribution in [3.05, 3.63) is 71.1 Å². The number of anilines is 1. The second-order valence-corrected chi connectivity index (χ2v) is 9.55. The molecule has 33 heavy (non-hydrogen) atoms. The Kier molecular flexibility index (Phi) is 5.88. The maximum Gasteiger partial charge on any atom is 0.267 e. The van der Waals surface area contributed by atoms with E-state index in [1.54, 1.807) is 49.4 Å². The SMILES string of the molecule is CCOc1ncc(-c2ccc3nc(N)n(-c4ccccc4)c(=O)c3c2)cc1S(=O)(=O)N(C)C. The third-order valence-electron chi connectivity index (χ3n) is 5.10. The molecular formula is C23H23N5O4S. The van der Waals surface area contributed by atoms with Crippen LogP contribution in [0, 0.1) is 0 Å². The van der Waals surface area contributed by atoms with Crippen molar-refractivity contribution < 1.29 is 13.2 Å². The number of sulfonamides is 1. The summed E-state index contributed by atoms with van der Waals surface area (Å²) >= 11 is 0. The molecule has 170 valence electrons. The van der Waals surface area contributed by atoms with Gasteiger partial charge in [-0.15, -0.1) is 0 Å². The molecule has 0 aliphatic carbocycles. The van der Waals surface area contributed by atoms with Gasteiger partial charge in [0.15, 0.2) is 0 Å². The molecule has 0 fully saturated rings. The van der Waals surface area contributed by atoms with E-state index in [9.17, 15) is 13.2 Å². The number of ether oxygens (including phenoxy) is 1. The van der Waals surface area contributed by atoms with E-state index in [0.29, 0.717) is 27.7 Å². The number of nitrogens with zero attached hydrogens (tertiary/aromatic N) is 4. The Morgan fingerprint density at radius 3 is 2.45 bits per heavy atom. The summed E-state index contributed by atoms with van der Waals surface area (Å²) in [5.74, 6) is 0.102. The lowest BCUT2D eigenvalue weighted by Gasteiger charge is -2.16. The van der Waals surface area contributed by atoms with Gasteiger partial charge in [0.25, 0.3) is 5.56 Å². The Morgan fingerprint density at radius 2 is 1.79 bits per heavy atom. The number of pyridine rings is 1. The van der Waals surface area contributed by atoms with E-state index >= 15 is 0 Å². The van der Waals surface area contributed by atoms with Crippen molar-refractivity contribution in [1.29, 1.82) is 0 Å². The van der Waals surface area contributed by atoms with Crippen LogP contribution >= 0.6 is 0 Å². The van der Waals surface area contributed by atoms with Crippen LogP contribution in [0.5, 0.6) is 5.88 Å². The molecule has 0 atom stereocenters. The minimum absolute atomic E-state index is 0.0246. The summed E-state index contributed by atoms with van der Waals surface area (Å²) in [5.41, 5.74) is 7.90. The fraction of sp³-hybridized carbons (Fsp3) is 0.174. The lowest BCUT2D eigenvalue weighted by Crippen LogP contribution is -2.23. The number of nitrogens with two attached hydrogens (primary N) is 1. The molecule has 0 saturated heterocycles. The van der Waals surface area contributed by atoms with E-state index in [0.717, 1.165) is 4.31 Å². The van der Waals surface area contributed by atoms with Crippen molar-refractivity contribution in [3.63, 3.8) is 0 Å². The molecule has 0 spiro atoms. The second-order valence-electron chi connectivity index (χ2n) is 7.43. The number of fused-ring (bicyclic) bond motifs is 1. The first-order valence-electron chi connectivity index (χ1n) is 10.2. The molecule has 10 heteroatoms. The lowest BCUT2D eigenvalue weighted by atomic mass is 10.1. The van der Waals surface area contributed by atoms with Crippen molar-refractivity contribution >= 4 is 26.9 Å². The fourth-order valence-electron chi connectivity index (χ4n) is 3.43. The summed E-state index contributed by atoms with van der Waals surface area (Å²) in [4.78, 5) is 21.8. The molecule has 4 rings (SSSR count). The standard InChI is InChI=1S/C23H23N5O4S/c1-4-32-21-20(33(30,31)27(2)3)13-16(14-25-21)15-10-11-19-18(12-15)22(29)28(23(24)26-19)17-8-6-5-7-9-17/h5-14H,4H2,1-3H3,(H2,24,26). The van der Waals surface area contributed by atoms with Gasteiger partial charge in [-0.25, -0.2) is 27.3 Å². The van der Waals surface area contributed by atoms with E-state index in [1.807, 2.05) is 6.07 Å². The van der Waals surface area contributed by atoms with Crippen LogP contribution in [0.3, 0.4) is 0 Å². The van der Waals surface area contributed by atoms with Crippen molar-refractivity contribution in [2.24, 2.45) is 0 Å². The van der Waals surface area contributed by atoms with Gasteiger partial charge in [0.2, 0.25) is 21.9 Å². The number of nitrogen functional groups attached to an aromatic ring is 1. The van der Waals surface area contributed by atoms with Gasteiger partial charge < -0.3 is 10.5 Å². The van der Waals surface area contributed by atoms with Crippen molar-refractivity contribution in [3.8, 4) is 22.7 Å². The Morgan fingerprint density at radius 1 is 1.06 bits per heavy atom. The largest absolute Gasteiger partial charge is 0.477 e. The smallest absolute Gasteiger partial charge is 0.267 e. The van der Waals surface area contributed by atoms with Crippen LogP contribution < -0.4 is 16.0 Å². The topological polar surface area (TPSA) is 120 Å². The summed E-state index contributed by atoms with van der Waals surface area (Å²) in [5, 5.41) is 0.344. The minimum atomic E-state index is -3.81. The Balaban J connectivity index is 1.92. The molecule has 0 saturated carbocycles. The van der Waals surface area contributed by atoms with Crippen LogP contribution in [0.15, 0.2) is 70.5 Å². The number of rotatable bonds is 6. The molecule has 0 aliphatic rings. The van der Waals surface area contributed by atoms with Gasteiger partial charge >= 0.3 is 0 Å². The molecule has 0 radical (unpaired) electrons. The Labute approximate surface area is 191 Å². The molecule has 0 aliphatic heterocycles. The Bertz CT molecular complexity index is 1500. The average Bonchev–Trinajstić information content (AvgIpc) is 2.80. The number of aromatic nitrogens is 3. The fourth-order valence-corrected chi connectivity index (χ4v) is 4.43. The van der Waals surface area contributed by atoms with Gasteiger partial charge in [-0.2, -0.15) is 0 Å². The van der Waals surface area contributed by atoms with Crippen molar-refractivity contribution in [2.45, 2.75) is 11.8 Å². The molecule has 0 bridgehead atoms. The van der Waals surface area contributed by atoms with E-state index in [-0.39, 0.29) is 28.9 Å². The molecule has 2 N–H and O–H groups in total. The van der Waals surface area contributed by atoms with Crippen LogP contribution in [0.2, 0.25) is 0 Å². The third-order valence-corrected chi connectivity index (χ3v) is 6.91. The zero-order chi connectivity index (χ0) is 23.8. The zero-order valence-electron chi connectivity index (χ0n) is 18.4. The molecule has 0 unspecified atom stereocenters. The van der Waals surface area contributed by atoms with Gasteiger partial charge in [0.1, 0.15) is 4.90 Å². The summed E-state index contributed by atoms with van der Waals surface area (Å²) in [7, 11) is -0.927. The molecule has 2 heterocycles. The van der Waals surface area contributed by atoms with Crippen LogP contribution in [-0.2, 0) is 10.0 Å². The van der Waals surface area contributed by atoms with Gasteiger partial charge in [-0.3, -0.25) is 4.79 Å². The first-order chi connectivity index (χ1) is 15.7. The molecule has 0 amide bonds. The van der Waals surface area contributed by atoms with Crippen LogP contribution in [0.4, 0.5) is 5.95 Å². The van der Waals surface area contributed by atoms with Crippen LogP contribution in [0.1, 0.15) is 6.92 Å². The average molecular weight is 466 g/mol. The molecule has 4 aromatic rings. The van der Waals surface area contributed by atoms with Crippen molar-refractivity contribution in [2.75, 3.05) is 26.4 Å². The highest BCUT2D eigenvalue weighted by Crippen LogP contribution is 2.30. The molecular weight excluding hydrogens is 442 g/mol. The number of hydrogen-bond acceptors (Lipinski definition) is 7. The summed E-state index contributed by atoms with van der Waals surface area (Å²) in [6, 6.07) is 15.6. The van der Waals surface area contributed by atoms with E-state index in [4.69, 9.17) is 10.5 Å². The van der Waals surface area contributed by atoms with Crippen LogP contribution in [-0.4, -0.2) is 48.0 Å². The third kappa shape index (κ3) is 4.06. The predicted octanol–water partition coefficient (Wildman–Crippen LogP) is 2.68. The summed E-state index contributed by atoms with van der Waals surface area (Å²) in [6.45, 7) is 2.02. The monoisotopic (exact) mass is 465 g/mol. The Hall–Kier alpha value is -3.76. The lowest BCUT2D eigenvalue weighted by molar-refractivity contribution is 0.316. The quantitative estimate of drug-likeness (QED) is 0.465. The van der Waals surface area contributed by atoms with Gasteiger partial charge in [-0.1, -0.05) is 24.3 Å². The number of para-hydroxylation sites is 1. The van der Waals surface area contributed by atoms with Crippen molar-refractivity contribution in [1.82, 2.24) is 18.8 Å². The maximum atomic E-state index is 13.3. The first kappa shape index (κ1) is 22.4. The predicted molar refractivity (Wildman–Crippen MR) is 127 cm³/mol. The van der Waals surface area contributed by atoms with Gasteiger partial charge in [0, 0.05) is 25.9 Å². The number of benzene rings is 2. The molecule has 2 aromatic carbocycles. The number of hydrogen-bond donors (Lipinski definition) is 1. The highest BCUT2D eigenvalue weighted by molar-refractivity contribution is 7.89. The maximum absolute atomic E-state index is 13.3. The summed E-state index contributed by atoms with van der Waals surface area (Å²) in [6.07, 6.45) is 1.52. The molecule has 2 aromatic heterocycles.